The van der Waals surface area contributed by atoms with Crippen LogP contribution in [0.4, 0.5) is 0 Å². The minimum absolute atomic E-state index is 0.0125. The molecule has 1 nitrogen and oxygen atoms in total. The van der Waals surface area contributed by atoms with Crippen LogP contribution < -0.4 is 0 Å². The van der Waals surface area contributed by atoms with Crippen LogP contribution in [0.5, 0.6) is 0 Å². The van der Waals surface area contributed by atoms with Crippen LogP contribution in [0.3, 0.4) is 0 Å². The van der Waals surface area contributed by atoms with Gasteiger partial charge in [0.05, 0.1) is 0 Å². The first-order valence-electron chi connectivity index (χ1n) is 6.88. The van der Waals surface area contributed by atoms with E-state index in [1.165, 1.54) is 25.7 Å². The monoisotopic (exact) mass is 220 g/mol. The summed E-state index contributed by atoms with van der Waals surface area (Å²) >= 11 is 0. The zero-order valence-corrected chi connectivity index (χ0v) is 11.1. The Labute approximate surface area is 99.0 Å². The molecule has 0 aromatic carbocycles. The second-order valence-electron chi connectivity index (χ2n) is 7.55. The molecule has 3 saturated carbocycles. The van der Waals surface area contributed by atoms with Gasteiger partial charge in [-0.1, -0.05) is 27.7 Å². The molecule has 16 heavy (non-hydrogen) atoms. The van der Waals surface area contributed by atoms with Crippen LogP contribution in [0.2, 0.25) is 0 Å². The zero-order valence-electron chi connectivity index (χ0n) is 11.1. The molecule has 0 amide bonds. The first-order valence-corrected chi connectivity index (χ1v) is 6.88. The van der Waals surface area contributed by atoms with Crippen LogP contribution in [0, 0.1) is 28.1 Å². The topological polar surface area (TPSA) is 17.1 Å². The Morgan fingerprint density at radius 2 is 1.81 bits per heavy atom. The highest BCUT2D eigenvalue weighted by molar-refractivity contribution is 5.91. The summed E-state index contributed by atoms with van der Waals surface area (Å²) in [6.45, 7) is 9.09. The van der Waals surface area contributed by atoms with Crippen molar-refractivity contribution in [2.24, 2.45) is 28.1 Å². The second kappa shape index (κ2) is 2.73. The number of ketones is 1. The van der Waals surface area contributed by atoms with Crippen molar-refractivity contribution >= 4 is 5.78 Å². The molecule has 0 saturated heterocycles. The molecule has 2 bridgehead atoms. The fourth-order valence-electron chi connectivity index (χ4n) is 5.67. The second-order valence-corrected chi connectivity index (χ2v) is 7.55. The maximum absolute atomic E-state index is 12.7. The molecule has 0 heterocycles. The van der Waals surface area contributed by atoms with Gasteiger partial charge in [0, 0.05) is 10.8 Å². The van der Waals surface area contributed by atoms with E-state index < -0.39 is 0 Å². The first-order chi connectivity index (χ1) is 7.33. The molecule has 0 unspecified atom stereocenters. The van der Waals surface area contributed by atoms with Gasteiger partial charge >= 0.3 is 0 Å². The molecular weight excluding hydrogens is 196 g/mol. The summed E-state index contributed by atoms with van der Waals surface area (Å²) in [5.74, 6) is 2.07. The molecule has 0 radical (unpaired) electrons. The fraction of sp³-hybridized carbons (Fsp3) is 0.933. The molecule has 90 valence electrons. The number of fused-ring (bicyclic) bond motifs is 1. The molecule has 3 rings (SSSR count). The summed E-state index contributed by atoms with van der Waals surface area (Å²) in [5, 5.41) is 0. The highest BCUT2D eigenvalue weighted by Gasteiger charge is 2.67. The molecule has 1 spiro atoms. The van der Waals surface area contributed by atoms with Crippen LogP contribution in [0.1, 0.15) is 59.8 Å². The van der Waals surface area contributed by atoms with E-state index in [1.807, 2.05) is 0 Å². The van der Waals surface area contributed by atoms with Gasteiger partial charge in [0.2, 0.25) is 0 Å². The molecule has 4 atom stereocenters. The Bertz CT molecular complexity index is 356. The highest BCUT2D eigenvalue weighted by atomic mass is 16.1. The predicted molar refractivity (Wildman–Crippen MR) is 65.1 cm³/mol. The van der Waals surface area contributed by atoms with E-state index in [-0.39, 0.29) is 10.8 Å². The van der Waals surface area contributed by atoms with E-state index in [0.29, 0.717) is 17.1 Å². The Morgan fingerprint density at radius 1 is 1.12 bits per heavy atom. The van der Waals surface area contributed by atoms with E-state index in [4.69, 9.17) is 0 Å². The van der Waals surface area contributed by atoms with Gasteiger partial charge in [0.1, 0.15) is 5.78 Å². The largest absolute Gasteiger partial charge is 0.298 e. The Kier molecular flexibility index (Phi) is 1.85. The van der Waals surface area contributed by atoms with Crippen molar-refractivity contribution in [2.75, 3.05) is 0 Å². The molecule has 1 heteroatoms. The fourth-order valence-corrected chi connectivity index (χ4v) is 5.67. The van der Waals surface area contributed by atoms with Crippen molar-refractivity contribution in [3.8, 4) is 0 Å². The third-order valence-corrected chi connectivity index (χ3v) is 6.43. The number of carbonyl (C=O) groups is 1. The highest BCUT2D eigenvalue weighted by Crippen LogP contribution is 2.71. The quantitative estimate of drug-likeness (QED) is 0.606. The number of hydrogen-bond acceptors (Lipinski definition) is 1. The van der Waals surface area contributed by atoms with E-state index in [0.717, 1.165) is 12.3 Å². The molecular formula is C15H24O. The first kappa shape index (κ1) is 10.8. The third-order valence-electron chi connectivity index (χ3n) is 6.43. The van der Waals surface area contributed by atoms with Crippen molar-refractivity contribution in [1.29, 1.82) is 0 Å². The molecule has 0 aromatic heterocycles. The van der Waals surface area contributed by atoms with Crippen molar-refractivity contribution in [3.05, 3.63) is 0 Å². The van der Waals surface area contributed by atoms with Gasteiger partial charge in [-0.25, -0.2) is 0 Å². The summed E-state index contributed by atoms with van der Waals surface area (Å²) in [5.41, 5.74) is 0.471. The average molecular weight is 220 g/mol. The lowest BCUT2D eigenvalue weighted by atomic mass is 9.52. The molecule has 3 aliphatic carbocycles. The number of carbonyl (C=O) groups excluding carboxylic acids is 1. The minimum atomic E-state index is -0.0613. The van der Waals surface area contributed by atoms with Gasteiger partial charge in [0.25, 0.3) is 0 Å². The molecule has 0 N–H and O–H groups in total. The predicted octanol–water partition coefficient (Wildman–Crippen LogP) is 3.82. The van der Waals surface area contributed by atoms with E-state index in [9.17, 15) is 4.79 Å². The summed E-state index contributed by atoms with van der Waals surface area (Å²) in [7, 11) is 0. The molecule has 3 aliphatic rings. The van der Waals surface area contributed by atoms with Gasteiger partial charge in [0.15, 0.2) is 0 Å². The smallest absolute Gasteiger partial charge is 0.144 e. The Balaban J connectivity index is 2.14. The summed E-state index contributed by atoms with van der Waals surface area (Å²) in [6, 6.07) is 0. The normalized spacial score (nSPS) is 54.1. The van der Waals surface area contributed by atoms with Crippen LogP contribution >= 0.6 is 0 Å². The lowest BCUT2D eigenvalue weighted by Crippen LogP contribution is -2.51. The van der Waals surface area contributed by atoms with Crippen molar-refractivity contribution in [2.45, 2.75) is 59.8 Å². The maximum Gasteiger partial charge on any atom is 0.144 e. The SMILES string of the molecule is C[C@@H]1CC[C@H]2C(C)(C)C(=O)[C@]3(C)CC[C@@]12C3. The standard InChI is InChI=1S/C15H24O/c1-10-5-6-11-13(2,3)12(16)14(4)7-8-15(10,11)9-14/h10-11H,5-9H2,1-4H3/t10-,11+,14-,15-/m1/s1. The van der Waals surface area contributed by atoms with Crippen LogP contribution in [-0.4, -0.2) is 5.78 Å². The van der Waals surface area contributed by atoms with Gasteiger partial charge < -0.3 is 0 Å². The van der Waals surface area contributed by atoms with E-state index >= 15 is 0 Å². The number of hydrogen-bond donors (Lipinski definition) is 0. The molecule has 0 aromatic rings. The van der Waals surface area contributed by atoms with E-state index in [1.54, 1.807) is 0 Å². The van der Waals surface area contributed by atoms with Crippen molar-refractivity contribution < 1.29 is 4.79 Å². The summed E-state index contributed by atoms with van der Waals surface area (Å²) in [4.78, 5) is 12.7. The van der Waals surface area contributed by atoms with Crippen molar-refractivity contribution in [3.63, 3.8) is 0 Å². The number of Topliss-reactive ketones (excluding diaryl/α,β-unsaturated/α-hetero) is 1. The molecule has 3 fully saturated rings. The Morgan fingerprint density at radius 3 is 2.50 bits per heavy atom. The van der Waals surface area contributed by atoms with Crippen LogP contribution in [0.25, 0.3) is 0 Å². The maximum atomic E-state index is 12.7. The van der Waals surface area contributed by atoms with Crippen molar-refractivity contribution in [1.82, 2.24) is 0 Å². The van der Waals surface area contributed by atoms with Gasteiger partial charge in [-0.15, -0.1) is 0 Å². The lowest BCUT2D eigenvalue weighted by Gasteiger charge is -2.50. The lowest BCUT2D eigenvalue weighted by molar-refractivity contribution is -0.148. The molecule has 0 aliphatic heterocycles. The zero-order chi connectivity index (χ0) is 11.8. The number of rotatable bonds is 0. The average Bonchev–Trinajstić information content (AvgIpc) is 2.69. The summed E-state index contributed by atoms with van der Waals surface area (Å²) in [6.07, 6.45) is 6.28. The Hall–Kier alpha value is -0.330. The minimum Gasteiger partial charge on any atom is -0.298 e. The van der Waals surface area contributed by atoms with Crippen LogP contribution in [0.15, 0.2) is 0 Å². The third kappa shape index (κ3) is 0.966. The van der Waals surface area contributed by atoms with Crippen LogP contribution in [-0.2, 0) is 4.79 Å². The van der Waals surface area contributed by atoms with Gasteiger partial charge in [-0.05, 0) is 49.4 Å². The van der Waals surface area contributed by atoms with Gasteiger partial charge in [-0.3, -0.25) is 4.79 Å². The van der Waals surface area contributed by atoms with E-state index in [2.05, 4.69) is 27.7 Å². The summed E-state index contributed by atoms with van der Waals surface area (Å²) < 4.78 is 0. The van der Waals surface area contributed by atoms with Gasteiger partial charge in [-0.2, -0.15) is 0 Å².